The molecule has 3 nitrogen and oxygen atoms in total. The molecule has 0 atom stereocenters. The number of rotatable bonds is 1. The molecule has 1 aliphatic heterocycles. The first kappa shape index (κ1) is 11.0. The van der Waals surface area contributed by atoms with Crippen molar-refractivity contribution in [1.82, 2.24) is 9.55 Å². The summed E-state index contributed by atoms with van der Waals surface area (Å²) in [5.41, 5.74) is 5.56. The van der Waals surface area contributed by atoms with Crippen LogP contribution in [0.5, 0.6) is 0 Å². The molecule has 3 heterocycles. The lowest BCUT2D eigenvalue weighted by molar-refractivity contribution is 0.536. The number of hydrogen-bond acceptors (Lipinski definition) is 2. The lowest BCUT2D eigenvalue weighted by Crippen LogP contribution is -2.11. The number of fused-ring (bicyclic) bond motifs is 1. The molecule has 1 aliphatic rings. The van der Waals surface area contributed by atoms with Crippen molar-refractivity contribution in [3.8, 4) is 17.3 Å². The second-order valence-electron chi connectivity index (χ2n) is 4.75. The monoisotopic (exact) mass is 237 g/mol. The van der Waals surface area contributed by atoms with Crippen LogP contribution in [0.25, 0.3) is 11.3 Å². The van der Waals surface area contributed by atoms with Crippen molar-refractivity contribution >= 4 is 0 Å². The van der Waals surface area contributed by atoms with E-state index >= 15 is 0 Å². The Bertz CT molecular complexity index is 617. The highest BCUT2D eigenvalue weighted by molar-refractivity contribution is 5.69. The molecule has 0 saturated heterocycles. The summed E-state index contributed by atoms with van der Waals surface area (Å²) in [4.78, 5) is 4.07. The van der Waals surface area contributed by atoms with Gasteiger partial charge in [0.25, 0.3) is 0 Å². The predicted molar refractivity (Wildman–Crippen MR) is 70.1 cm³/mol. The van der Waals surface area contributed by atoms with Crippen LogP contribution in [0.3, 0.4) is 0 Å². The molecule has 0 saturated carbocycles. The molecule has 90 valence electrons. The molecule has 3 heteroatoms. The van der Waals surface area contributed by atoms with Crippen molar-refractivity contribution in [3.05, 3.63) is 41.3 Å². The average Bonchev–Trinajstić information content (AvgIpc) is 2.71. The number of hydrogen-bond donors (Lipinski definition) is 0. The Labute approximate surface area is 107 Å². The normalized spacial score (nSPS) is 14.0. The van der Waals surface area contributed by atoms with Crippen LogP contribution < -0.4 is 0 Å². The third-order valence-corrected chi connectivity index (χ3v) is 3.73. The standard InChI is InChI=1S/C15H15N3/c1-11-13(10-16)14-4-2-3-9-18(14)15(11)12-5-7-17-8-6-12/h5-8H,2-4,9H2,1H3. The van der Waals surface area contributed by atoms with Crippen molar-refractivity contribution < 1.29 is 0 Å². The van der Waals surface area contributed by atoms with Gasteiger partial charge in [0.05, 0.1) is 11.3 Å². The van der Waals surface area contributed by atoms with E-state index < -0.39 is 0 Å². The number of nitrogens with zero attached hydrogens (tertiary/aromatic N) is 3. The predicted octanol–water partition coefficient (Wildman–Crippen LogP) is 3.07. The minimum atomic E-state index is 0.876. The van der Waals surface area contributed by atoms with E-state index in [0.717, 1.165) is 29.7 Å². The van der Waals surface area contributed by atoms with Gasteiger partial charge in [-0.1, -0.05) is 0 Å². The van der Waals surface area contributed by atoms with E-state index in [9.17, 15) is 5.26 Å². The maximum atomic E-state index is 9.36. The summed E-state index contributed by atoms with van der Waals surface area (Å²) in [5, 5.41) is 9.36. The lowest BCUT2D eigenvalue weighted by Gasteiger charge is -2.18. The molecule has 0 aromatic carbocycles. The minimum absolute atomic E-state index is 0.876. The topological polar surface area (TPSA) is 41.6 Å². The second-order valence-corrected chi connectivity index (χ2v) is 4.75. The van der Waals surface area contributed by atoms with Crippen LogP contribution in [-0.4, -0.2) is 9.55 Å². The van der Waals surface area contributed by atoms with Crippen molar-refractivity contribution in [2.75, 3.05) is 0 Å². The van der Waals surface area contributed by atoms with Gasteiger partial charge in [-0.3, -0.25) is 4.98 Å². The van der Waals surface area contributed by atoms with E-state index in [2.05, 4.69) is 22.5 Å². The van der Waals surface area contributed by atoms with E-state index in [0.29, 0.717) is 0 Å². The Balaban J connectivity index is 2.27. The molecule has 0 amide bonds. The van der Waals surface area contributed by atoms with Crippen LogP contribution in [0, 0.1) is 18.3 Å². The summed E-state index contributed by atoms with van der Waals surface area (Å²) in [6.45, 7) is 3.08. The van der Waals surface area contributed by atoms with E-state index in [1.165, 1.54) is 24.2 Å². The van der Waals surface area contributed by atoms with Gasteiger partial charge in [0.1, 0.15) is 6.07 Å². The summed E-state index contributed by atoms with van der Waals surface area (Å²) >= 11 is 0. The zero-order chi connectivity index (χ0) is 12.5. The van der Waals surface area contributed by atoms with Crippen LogP contribution in [0.2, 0.25) is 0 Å². The molecule has 0 fully saturated rings. The molecular weight excluding hydrogens is 222 g/mol. The maximum absolute atomic E-state index is 9.36. The lowest BCUT2D eigenvalue weighted by atomic mass is 10.0. The molecule has 0 radical (unpaired) electrons. The van der Waals surface area contributed by atoms with Crippen LogP contribution in [0.4, 0.5) is 0 Å². The summed E-state index contributed by atoms with van der Waals surface area (Å²) in [5.74, 6) is 0. The molecule has 0 N–H and O–H groups in total. The van der Waals surface area contributed by atoms with Gasteiger partial charge in [0.2, 0.25) is 0 Å². The number of aromatic nitrogens is 2. The average molecular weight is 237 g/mol. The minimum Gasteiger partial charge on any atom is -0.343 e. The Hall–Kier alpha value is -2.08. The molecule has 2 aromatic rings. The van der Waals surface area contributed by atoms with Gasteiger partial charge in [-0.05, 0) is 43.9 Å². The molecule has 0 spiro atoms. The van der Waals surface area contributed by atoms with Gasteiger partial charge in [0, 0.05) is 30.2 Å². The Kier molecular flexibility index (Phi) is 2.64. The molecule has 3 rings (SSSR count). The van der Waals surface area contributed by atoms with Crippen LogP contribution in [0.1, 0.15) is 29.7 Å². The second kappa shape index (κ2) is 4.30. The SMILES string of the molecule is Cc1c(C#N)c2n(c1-c1ccncc1)CCCC2. The van der Waals surface area contributed by atoms with Crippen LogP contribution in [-0.2, 0) is 13.0 Å². The fourth-order valence-corrected chi connectivity index (χ4v) is 2.91. The highest BCUT2D eigenvalue weighted by atomic mass is 15.0. The first-order valence-electron chi connectivity index (χ1n) is 6.35. The van der Waals surface area contributed by atoms with Crippen molar-refractivity contribution in [1.29, 1.82) is 5.26 Å². The number of nitriles is 1. The van der Waals surface area contributed by atoms with Crippen molar-refractivity contribution in [3.63, 3.8) is 0 Å². The molecule has 2 aromatic heterocycles. The quantitative estimate of drug-likeness (QED) is 0.764. The molecule has 18 heavy (non-hydrogen) atoms. The van der Waals surface area contributed by atoms with Crippen molar-refractivity contribution in [2.24, 2.45) is 0 Å². The van der Waals surface area contributed by atoms with Gasteiger partial charge < -0.3 is 4.57 Å². The van der Waals surface area contributed by atoms with Gasteiger partial charge in [-0.25, -0.2) is 0 Å². The number of pyridine rings is 1. The van der Waals surface area contributed by atoms with E-state index in [1.807, 2.05) is 24.5 Å². The summed E-state index contributed by atoms with van der Waals surface area (Å²) in [6.07, 6.45) is 7.03. The van der Waals surface area contributed by atoms with Crippen molar-refractivity contribution in [2.45, 2.75) is 32.7 Å². The van der Waals surface area contributed by atoms with E-state index in [4.69, 9.17) is 0 Å². The molecule has 0 aliphatic carbocycles. The highest BCUT2D eigenvalue weighted by Gasteiger charge is 2.22. The van der Waals surface area contributed by atoms with E-state index in [-0.39, 0.29) is 0 Å². The largest absolute Gasteiger partial charge is 0.343 e. The Morgan fingerprint density at radius 3 is 2.78 bits per heavy atom. The van der Waals surface area contributed by atoms with E-state index in [1.54, 1.807) is 0 Å². The highest BCUT2D eigenvalue weighted by Crippen LogP contribution is 2.33. The fourth-order valence-electron chi connectivity index (χ4n) is 2.91. The summed E-state index contributed by atoms with van der Waals surface area (Å²) in [7, 11) is 0. The third-order valence-electron chi connectivity index (χ3n) is 3.73. The maximum Gasteiger partial charge on any atom is 0.101 e. The molecule has 0 bridgehead atoms. The first-order chi connectivity index (χ1) is 8.83. The van der Waals surface area contributed by atoms with Gasteiger partial charge >= 0.3 is 0 Å². The fraction of sp³-hybridized carbons (Fsp3) is 0.333. The van der Waals surface area contributed by atoms with Gasteiger partial charge in [-0.2, -0.15) is 5.26 Å². The summed E-state index contributed by atoms with van der Waals surface area (Å²) < 4.78 is 2.33. The first-order valence-corrected chi connectivity index (χ1v) is 6.35. The molecular formula is C15H15N3. The molecule has 0 unspecified atom stereocenters. The third kappa shape index (κ3) is 1.53. The van der Waals surface area contributed by atoms with Crippen LogP contribution in [0.15, 0.2) is 24.5 Å². The Morgan fingerprint density at radius 2 is 2.06 bits per heavy atom. The summed E-state index contributed by atoms with van der Waals surface area (Å²) in [6, 6.07) is 6.42. The smallest absolute Gasteiger partial charge is 0.101 e. The zero-order valence-electron chi connectivity index (χ0n) is 10.5. The van der Waals surface area contributed by atoms with Crippen LogP contribution >= 0.6 is 0 Å². The zero-order valence-corrected chi connectivity index (χ0v) is 10.5. The Morgan fingerprint density at radius 1 is 1.28 bits per heavy atom. The van der Waals surface area contributed by atoms with Gasteiger partial charge in [0.15, 0.2) is 0 Å². The van der Waals surface area contributed by atoms with Gasteiger partial charge in [-0.15, -0.1) is 0 Å².